The summed E-state index contributed by atoms with van der Waals surface area (Å²) >= 11 is 0. The summed E-state index contributed by atoms with van der Waals surface area (Å²) in [7, 11) is 0. The number of aryl methyl sites for hydroxylation is 1. The molecule has 0 aliphatic rings. The molecule has 12 heteroatoms. The number of hydrogen-bond acceptors (Lipinski definition) is 9. The molecule has 0 aliphatic heterocycles. The van der Waals surface area contributed by atoms with E-state index in [1.807, 2.05) is 72.8 Å². The van der Waals surface area contributed by atoms with E-state index in [4.69, 9.17) is 23.2 Å². The Bertz CT molecular complexity index is 9550. The lowest BCUT2D eigenvalue weighted by atomic mass is 9.97. The minimum atomic E-state index is 0.617. The Labute approximate surface area is 830 Å². The Kier molecular flexibility index (Phi) is 21.5. The van der Waals surface area contributed by atoms with Gasteiger partial charge in [-0.25, -0.2) is 15.0 Å². The van der Waals surface area contributed by atoms with Crippen molar-refractivity contribution in [3.63, 3.8) is 0 Å². The Hall–Kier alpha value is -19.4. The van der Waals surface area contributed by atoms with E-state index in [1.165, 1.54) is 104 Å². The second-order valence-corrected chi connectivity index (χ2v) is 36.3. The van der Waals surface area contributed by atoms with Crippen LogP contribution in [0.25, 0.3) is 194 Å². The van der Waals surface area contributed by atoms with Crippen LogP contribution >= 0.6 is 0 Å². The molecule has 12 nitrogen and oxygen atoms in total. The Morgan fingerprint density at radius 2 is 0.458 bits per heavy atom. The normalized spacial score (nSPS) is 11.5. The molecule has 0 unspecified atom stereocenters. The third kappa shape index (κ3) is 15.8. The average Bonchev–Trinajstić information content (AvgIpc) is 1.59. The second-order valence-electron chi connectivity index (χ2n) is 36.3. The van der Waals surface area contributed by atoms with Gasteiger partial charge >= 0.3 is 0 Å². The van der Waals surface area contributed by atoms with Crippen LogP contribution in [-0.4, -0.2) is 28.7 Å². The van der Waals surface area contributed by atoms with Crippen LogP contribution in [0.3, 0.4) is 0 Å². The lowest BCUT2D eigenvalue weighted by Gasteiger charge is -2.25. The van der Waals surface area contributed by atoms with Gasteiger partial charge in [-0.15, -0.1) is 0 Å². The third-order valence-electron chi connectivity index (χ3n) is 27.4. The first-order valence-electron chi connectivity index (χ1n) is 48.6. The maximum atomic E-state index is 6.09. The van der Waals surface area contributed by atoms with E-state index in [0.29, 0.717) is 17.7 Å². The summed E-state index contributed by atoms with van der Waals surface area (Å²) in [5, 5.41) is 12.2. The van der Waals surface area contributed by atoms with E-state index >= 15 is 0 Å². The zero-order chi connectivity index (χ0) is 95.5. The van der Waals surface area contributed by atoms with Crippen LogP contribution in [0.15, 0.2) is 535 Å². The third-order valence-corrected chi connectivity index (χ3v) is 27.4. The topological polar surface area (TPSA) is 103 Å². The minimum absolute atomic E-state index is 0.617. The van der Waals surface area contributed by atoms with E-state index in [2.05, 4.69) is 489 Å². The van der Waals surface area contributed by atoms with Gasteiger partial charge in [-0.05, 0) is 330 Å². The first-order valence-corrected chi connectivity index (χ1v) is 48.6. The van der Waals surface area contributed by atoms with Gasteiger partial charge in [-0.2, -0.15) is 0 Å². The van der Waals surface area contributed by atoms with Crippen molar-refractivity contribution in [3.8, 4) is 73.7 Å². The number of oxazole rings is 3. The smallest absolute Gasteiger partial charge is 0.227 e. The van der Waals surface area contributed by atoms with Gasteiger partial charge < -0.3 is 41.7 Å². The van der Waals surface area contributed by atoms with Crippen molar-refractivity contribution in [1.29, 1.82) is 0 Å². The molecule has 28 aromatic rings. The molecule has 0 saturated heterocycles. The number of aromatic nitrogens is 6. The summed E-state index contributed by atoms with van der Waals surface area (Å²) in [6, 6.07) is 184. The van der Waals surface area contributed by atoms with E-state index in [0.717, 1.165) is 129 Å². The van der Waals surface area contributed by atoms with Gasteiger partial charge in [0.2, 0.25) is 17.7 Å². The van der Waals surface area contributed by atoms with Gasteiger partial charge in [-0.1, -0.05) is 248 Å². The maximum absolute atomic E-state index is 6.09. The lowest BCUT2D eigenvalue weighted by molar-refractivity contribution is 0.619. The molecule has 28 rings (SSSR count). The van der Waals surface area contributed by atoms with Crippen molar-refractivity contribution in [2.24, 2.45) is 0 Å². The first kappa shape index (κ1) is 85.0. The van der Waals surface area contributed by atoms with Crippen LogP contribution in [0.5, 0.6) is 0 Å². The van der Waals surface area contributed by atoms with Crippen molar-refractivity contribution in [3.05, 3.63) is 527 Å². The van der Waals surface area contributed by atoms with Crippen molar-refractivity contribution < 1.29 is 13.3 Å². The van der Waals surface area contributed by atoms with E-state index in [1.54, 1.807) is 0 Å². The van der Waals surface area contributed by atoms with Crippen LogP contribution in [-0.2, 0) is 0 Å². The van der Waals surface area contributed by atoms with Crippen molar-refractivity contribution >= 4 is 171 Å². The van der Waals surface area contributed by atoms with Gasteiger partial charge in [0.25, 0.3) is 0 Å². The number of fused-ring (bicyclic) bond motifs is 14. The molecule has 0 saturated carbocycles. The summed E-state index contributed by atoms with van der Waals surface area (Å²) in [4.78, 5) is 21.1. The molecule has 680 valence electrons. The largest absolute Gasteiger partial charge is 0.436 e. The molecule has 6 aromatic heterocycles. The molecule has 0 aliphatic carbocycles. The maximum Gasteiger partial charge on any atom is 0.227 e. The molecule has 0 N–H and O–H groups in total. The summed E-state index contributed by atoms with van der Waals surface area (Å²) in [5.41, 5.74) is 34.0. The van der Waals surface area contributed by atoms with Crippen molar-refractivity contribution in [2.75, 3.05) is 14.7 Å². The van der Waals surface area contributed by atoms with Crippen LogP contribution in [0.4, 0.5) is 51.2 Å². The highest BCUT2D eigenvalue weighted by Gasteiger charge is 2.26. The van der Waals surface area contributed by atoms with E-state index in [-0.39, 0.29) is 0 Å². The summed E-state index contributed by atoms with van der Waals surface area (Å²) in [6.45, 7) is 2.16. The van der Waals surface area contributed by atoms with Crippen molar-refractivity contribution in [2.45, 2.75) is 6.92 Å². The van der Waals surface area contributed by atoms with Crippen LogP contribution < -0.4 is 14.7 Å². The number of benzene rings is 22. The zero-order valence-electron chi connectivity index (χ0n) is 78.4. The van der Waals surface area contributed by atoms with Gasteiger partial charge in [0, 0.05) is 117 Å². The second kappa shape index (κ2) is 36.5. The number of hydrogen-bond donors (Lipinski definition) is 0. The molecular weight excluding hydrogens is 1760 g/mol. The van der Waals surface area contributed by atoms with Gasteiger partial charge in [0.15, 0.2) is 16.7 Å². The Morgan fingerprint density at radius 3 is 0.861 bits per heavy atom. The molecule has 0 amide bonds. The van der Waals surface area contributed by atoms with Gasteiger partial charge in [0.05, 0.1) is 33.1 Å². The quantitative estimate of drug-likeness (QED) is 0.0882. The average molecular weight is 1850 g/mol. The Balaban J connectivity index is 0.000000111. The van der Waals surface area contributed by atoms with Crippen LogP contribution in [0.2, 0.25) is 0 Å². The lowest BCUT2D eigenvalue weighted by Crippen LogP contribution is -2.09. The van der Waals surface area contributed by atoms with Crippen LogP contribution in [0.1, 0.15) is 5.56 Å². The van der Waals surface area contributed by atoms with Gasteiger partial charge in [-0.3, -0.25) is 0 Å². The molecular formula is C132H89N9O3. The SMILES string of the molecule is Cc1ccc2c(c1)c1cc(N(c3ccccc3)c3ccc(-c4nc5ccccc5o4)cc3)ccc1n2-c1ccccc1.c1ccc(N(c2ccc(-c3nc4ccccc4o3)cc2)c2ccc3c(c2)c2cc(-c4ccc5ccccc5c4)ccc2n3-c2ccccc2)cc1.c1ccc(N(c2ccc(-c3nc4ccccc4o3)cc2)c2ccc3c(c2)c2cc(-c4cccc5ccccc45)ccc2n3-c2ccccc2)cc1. The molecule has 6 heterocycles. The number of para-hydroxylation sites is 12. The Morgan fingerprint density at radius 1 is 0.181 bits per heavy atom. The predicted molar refractivity (Wildman–Crippen MR) is 596 cm³/mol. The van der Waals surface area contributed by atoms with E-state index in [9.17, 15) is 0 Å². The number of anilines is 9. The molecule has 0 radical (unpaired) electrons. The van der Waals surface area contributed by atoms with Gasteiger partial charge in [0.1, 0.15) is 16.6 Å². The number of rotatable bonds is 17. The first-order chi connectivity index (χ1) is 71.3. The molecule has 144 heavy (non-hydrogen) atoms. The molecule has 0 bridgehead atoms. The fraction of sp³-hybridized carbons (Fsp3) is 0.00758. The monoisotopic (exact) mass is 1850 g/mol. The molecule has 22 aromatic carbocycles. The highest BCUT2D eigenvalue weighted by molar-refractivity contribution is 6.15. The summed E-state index contributed by atoms with van der Waals surface area (Å²) in [5.74, 6) is 1.86. The fourth-order valence-corrected chi connectivity index (χ4v) is 20.6. The molecule has 0 spiro atoms. The highest BCUT2D eigenvalue weighted by atomic mass is 16.4. The highest BCUT2D eigenvalue weighted by Crippen LogP contribution is 2.48. The van der Waals surface area contributed by atoms with Crippen LogP contribution in [0, 0.1) is 6.92 Å². The molecule has 0 atom stereocenters. The fourth-order valence-electron chi connectivity index (χ4n) is 20.6. The predicted octanol–water partition coefficient (Wildman–Crippen LogP) is 36.1. The zero-order valence-corrected chi connectivity index (χ0v) is 78.4. The van der Waals surface area contributed by atoms with Crippen molar-refractivity contribution in [1.82, 2.24) is 28.7 Å². The molecule has 0 fully saturated rings. The minimum Gasteiger partial charge on any atom is -0.436 e. The van der Waals surface area contributed by atoms with E-state index < -0.39 is 0 Å². The summed E-state index contributed by atoms with van der Waals surface area (Å²) in [6.07, 6.45) is 0. The number of nitrogens with zero attached hydrogens (tertiary/aromatic N) is 9. The summed E-state index contributed by atoms with van der Waals surface area (Å²) < 4.78 is 25.3. The standard InChI is InChI=1S/2C47H31N3O.C38H27N3O/c1-3-14-35(15-4-1)49(37-25-22-33(23-26-37)47-48-43-20-9-10-21-46(43)51-47)38-27-29-45-42(31-38)41-30-34(40-19-11-13-32-12-7-8-18-39(32)40)24-28-44(41)50(45)36-16-5-2-6-17-36;1-3-13-37(14-4-1)49(39-24-21-33(22-25-39)47-48-43-17-9-10-18-46(43)51-47)40-26-28-45-42(31-40)41-30-36(35-20-19-32-11-7-8-12-34(32)29-35)23-27-44(41)50(45)38-15-5-2-6-16-38;1-26-16-22-35-32(24-26)33-25-31(21-23-36(33)41(35)29-12-6-3-7-13-29)40(28-10-4-2-5-11-28)30-19-17-27(18-20-30)38-39-34-14-8-9-15-37(34)42-38/h2*1-31H;2-25H,1H3.